The number of hydrogen-bond acceptors (Lipinski definition) is 3. The summed E-state index contributed by atoms with van der Waals surface area (Å²) in [6, 6.07) is -0.936. The third-order valence-corrected chi connectivity index (χ3v) is 3.99. The molecule has 0 aromatic rings. The third kappa shape index (κ3) is 2.43. The highest BCUT2D eigenvalue weighted by molar-refractivity contribution is 5.83. The van der Waals surface area contributed by atoms with E-state index in [2.05, 4.69) is 5.32 Å². The number of ether oxygens (including phenoxy) is 1. The number of fused-ring (bicyclic) bond motifs is 1. The predicted octanol–water partition coefficient (Wildman–Crippen LogP) is 0.527. The molecule has 3 unspecified atom stereocenters. The molecule has 1 heterocycles. The van der Waals surface area contributed by atoms with E-state index in [1.165, 1.54) is 4.90 Å². The molecular weight excluding hydrogens is 236 g/mol. The summed E-state index contributed by atoms with van der Waals surface area (Å²) < 4.78 is 4.85. The number of carboxylic acid groups (broad SMARTS) is 1. The zero-order valence-corrected chi connectivity index (χ0v) is 10.6. The lowest BCUT2D eigenvalue weighted by atomic mass is 9.94. The Balaban J connectivity index is 1.98. The van der Waals surface area contributed by atoms with E-state index in [0.717, 1.165) is 19.3 Å². The minimum absolute atomic E-state index is 0.135. The van der Waals surface area contributed by atoms with Crippen molar-refractivity contribution < 1.29 is 19.4 Å². The summed E-state index contributed by atoms with van der Waals surface area (Å²) in [5.41, 5.74) is 0. The van der Waals surface area contributed by atoms with Crippen molar-refractivity contribution in [2.45, 2.75) is 25.3 Å². The van der Waals surface area contributed by atoms with Gasteiger partial charge in [0.15, 0.2) is 0 Å². The molecule has 1 aliphatic heterocycles. The lowest BCUT2D eigenvalue weighted by molar-refractivity contribution is -0.142. The molecule has 2 aliphatic rings. The van der Waals surface area contributed by atoms with Crippen molar-refractivity contribution in [1.82, 2.24) is 10.2 Å². The molecule has 3 atom stereocenters. The number of carboxylic acids is 1. The molecule has 1 saturated heterocycles. The minimum atomic E-state index is -0.883. The van der Waals surface area contributed by atoms with E-state index >= 15 is 0 Å². The van der Waals surface area contributed by atoms with E-state index in [-0.39, 0.29) is 11.9 Å². The largest absolute Gasteiger partial charge is 0.480 e. The van der Waals surface area contributed by atoms with Crippen LogP contribution >= 0.6 is 0 Å². The van der Waals surface area contributed by atoms with Gasteiger partial charge in [0.25, 0.3) is 0 Å². The molecule has 0 aromatic carbocycles. The van der Waals surface area contributed by atoms with Crippen LogP contribution in [0, 0.1) is 11.8 Å². The van der Waals surface area contributed by atoms with Crippen LogP contribution in [-0.4, -0.2) is 54.9 Å². The van der Waals surface area contributed by atoms with Crippen LogP contribution in [0.2, 0.25) is 0 Å². The number of urea groups is 1. The maximum atomic E-state index is 12.0. The second kappa shape index (κ2) is 5.56. The Morgan fingerprint density at radius 1 is 1.44 bits per heavy atom. The van der Waals surface area contributed by atoms with Crippen LogP contribution in [0.5, 0.6) is 0 Å². The SMILES string of the molecule is COCCNC(=O)N1CC2CCCC2C1C(=O)O. The first-order valence-electron chi connectivity index (χ1n) is 6.41. The zero-order chi connectivity index (χ0) is 13.1. The Bertz CT molecular complexity index is 334. The van der Waals surface area contributed by atoms with Crippen LogP contribution in [0.25, 0.3) is 0 Å². The van der Waals surface area contributed by atoms with Gasteiger partial charge in [-0.15, -0.1) is 0 Å². The maximum Gasteiger partial charge on any atom is 0.326 e. The first kappa shape index (κ1) is 13.1. The van der Waals surface area contributed by atoms with Crippen molar-refractivity contribution in [3.05, 3.63) is 0 Å². The van der Waals surface area contributed by atoms with E-state index in [4.69, 9.17) is 4.74 Å². The van der Waals surface area contributed by atoms with Crippen molar-refractivity contribution in [3.8, 4) is 0 Å². The second-order valence-electron chi connectivity index (χ2n) is 5.02. The number of amides is 2. The Morgan fingerprint density at radius 2 is 2.22 bits per heavy atom. The van der Waals surface area contributed by atoms with Crippen LogP contribution in [0.3, 0.4) is 0 Å². The molecule has 2 fully saturated rings. The van der Waals surface area contributed by atoms with E-state index < -0.39 is 12.0 Å². The number of methoxy groups -OCH3 is 1. The summed E-state index contributed by atoms with van der Waals surface area (Å²) in [7, 11) is 1.56. The van der Waals surface area contributed by atoms with Gasteiger partial charge in [0.05, 0.1) is 6.61 Å². The van der Waals surface area contributed by atoms with Crippen molar-refractivity contribution in [3.63, 3.8) is 0 Å². The van der Waals surface area contributed by atoms with Gasteiger partial charge < -0.3 is 20.1 Å². The number of nitrogens with zero attached hydrogens (tertiary/aromatic N) is 1. The molecule has 6 heteroatoms. The third-order valence-electron chi connectivity index (χ3n) is 3.99. The summed E-state index contributed by atoms with van der Waals surface area (Å²) in [5, 5.41) is 12.0. The highest BCUT2D eigenvalue weighted by atomic mass is 16.5. The number of carbonyl (C=O) groups excluding carboxylic acids is 1. The van der Waals surface area contributed by atoms with Crippen LogP contribution < -0.4 is 5.32 Å². The fourth-order valence-electron chi connectivity index (χ4n) is 3.19. The lowest BCUT2D eigenvalue weighted by Crippen LogP contribution is -2.48. The molecule has 0 aromatic heterocycles. The summed E-state index contributed by atoms with van der Waals surface area (Å²) in [5.74, 6) is -0.388. The molecule has 0 bridgehead atoms. The number of carbonyl (C=O) groups is 2. The summed E-state index contributed by atoms with van der Waals surface area (Å²) >= 11 is 0. The van der Waals surface area contributed by atoms with Gasteiger partial charge in [-0.3, -0.25) is 0 Å². The van der Waals surface area contributed by atoms with E-state index in [0.29, 0.717) is 25.6 Å². The molecular formula is C12H20N2O4. The number of hydrogen-bond donors (Lipinski definition) is 2. The number of likely N-dealkylation sites (tertiary alicyclic amines) is 1. The summed E-state index contributed by atoms with van der Waals surface area (Å²) in [6.45, 7) is 1.41. The fraction of sp³-hybridized carbons (Fsp3) is 0.833. The maximum absolute atomic E-state index is 12.0. The summed E-state index contributed by atoms with van der Waals surface area (Å²) in [4.78, 5) is 24.8. The Morgan fingerprint density at radius 3 is 2.89 bits per heavy atom. The van der Waals surface area contributed by atoms with Gasteiger partial charge in [0.2, 0.25) is 0 Å². The molecule has 1 aliphatic carbocycles. The smallest absolute Gasteiger partial charge is 0.326 e. The van der Waals surface area contributed by atoms with Crippen molar-refractivity contribution in [2.75, 3.05) is 26.8 Å². The van der Waals surface area contributed by atoms with Crippen molar-refractivity contribution in [1.29, 1.82) is 0 Å². The monoisotopic (exact) mass is 256 g/mol. The van der Waals surface area contributed by atoms with Crippen molar-refractivity contribution >= 4 is 12.0 Å². The lowest BCUT2D eigenvalue weighted by Gasteiger charge is -2.24. The number of rotatable bonds is 4. The predicted molar refractivity (Wildman–Crippen MR) is 64.2 cm³/mol. The summed E-state index contributed by atoms with van der Waals surface area (Å²) in [6.07, 6.45) is 3.04. The molecule has 6 nitrogen and oxygen atoms in total. The van der Waals surface area contributed by atoms with Crippen molar-refractivity contribution in [2.24, 2.45) is 11.8 Å². The molecule has 1 saturated carbocycles. The Hall–Kier alpha value is -1.30. The second-order valence-corrected chi connectivity index (χ2v) is 5.02. The van der Waals surface area contributed by atoms with Crippen LogP contribution in [-0.2, 0) is 9.53 Å². The van der Waals surface area contributed by atoms with Gasteiger partial charge in [-0.25, -0.2) is 9.59 Å². The Kier molecular flexibility index (Phi) is 4.06. The zero-order valence-electron chi connectivity index (χ0n) is 10.6. The molecule has 0 spiro atoms. The normalized spacial score (nSPS) is 30.3. The van der Waals surface area contributed by atoms with Crippen LogP contribution in [0.4, 0.5) is 4.79 Å². The van der Waals surface area contributed by atoms with Gasteiger partial charge in [-0.1, -0.05) is 6.42 Å². The van der Waals surface area contributed by atoms with Gasteiger partial charge >= 0.3 is 12.0 Å². The Labute approximate surface area is 106 Å². The molecule has 2 rings (SSSR count). The van der Waals surface area contributed by atoms with Crippen LogP contribution in [0.15, 0.2) is 0 Å². The number of nitrogens with one attached hydrogen (secondary N) is 1. The average Bonchev–Trinajstić information content (AvgIpc) is 2.87. The topological polar surface area (TPSA) is 78.9 Å². The van der Waals surface area contributed by atoms with E-state index in [1.807, 2.05) is 0 Å². The minimum Gasteiger partial charge on any atom is -0.480 e. The molecule has 102 valence electrons. The number of aliphatic carboxylic acids is 1. The first-order valence-corrected chi connectivity index (χ1v) is 6.41. The van der Waals surface area contributed by atoms with Gasteiger partial charge in [-0.2, -0.15) is 0 Å². The average molecular weight is 256 g/mol. The quantitative estimate of drug-likeness (QED) is 0.719. The van der Waals surface area contributed by atoms with E-state index in [9.17, 15) is 14.7 Å². The van der Waals surface area contributed by atoms with Gasteiger partial charge in [0, 0.05) is 20.2 Å². The molecule has 2 amide bonds. The fourth-order valence-corrected chi connectivity index (χ4v) is 3.19. The van der Waals surface area contributed by atoms with Crippen LogP contribution in [0.1, 0.15) is 19.3 Å². The van der Waals surface area contributed by atoms with E-state index in [1.54, 1.807) is 7.11 Å². The highest BCUT2D eigenvalue weighted by Crippen LogP contribution is 2.42. The standard InChI is InChI=1S/C12H20N2O4/c1-18-6-5-13-12(17)14-7-8-3-2-4-9(8)10(14)11(15)16/h8-10H,2-7H2,1H3,(H,13,17)(H,15,16). The molecule has 2 N–H and O–H groups in total. The molecule has 0 radical (unpaired) electrons. The molecule has 18 heavy (non-hydrogen) atoms. The van der Waals surface area contributed by atoms with Gasteiger partial charge in [-0.05, 0) is 24.7 Å². The first-order chi connectivity index (χ1) is 8.65. The van der Waals surface area contributed by atoms with Gasteiger partial charge in [0.1, 0.15) is 6.04 Å². The highest BCUT2D eigenvalue weighted by Gasteiger charge is 2.49.